The molecule has 2 nitrogen and oxygen atoms in total. The van der Waals surface area contributed by atoms with E-state index >= 15 is 0 Å². The monoisotopic (exact) mass is 327 g/mol. The molecule has 2 heterocycles. The van der Waals surface area contributed by atoms with Crippen LogP contribution in [0.3, 0.4) is 0 Å². The second kappa shape index (κ2) is 6.90. The van der Waals surface area contributed by atoms with Crippen LogP contribution in [0.2, 0.25) is 0 Å². The van der Waals surface area contributed by atoms with Crippen LogP contribution in [-0.4, -0.2) is 11.9 Å². The molecule has 3 rings (SSSR count). The molecule has 0 aliphatic heterocycles. The number of rotatable bonds is 5. The molecule has 112 valence electrons. The van der Waals surface area contributed by atoms with E-state index in [1.165, 1.54) is 15.6 Å². The van der Waals surface area contributed by atoms with Gasteiger partial charge in [-0.1, -0.05) is 18.2 Å². The van der Waals surface area contributed by atoms with Gasteiger partial charge < -0.3 is 5.32 Å². The second-order valence-corrected chi connectivity index (χ2v) is 6.95. The molecule has 0 bridgehead atoms. The first-order valence-corrected chi connectivity index (χ1v) is 9.00. The Balaban J connectivity index is 1.60. The Bertz CT molecular complexity index is 786. The molecule has 0 saturated heterocycles. The fourth-order valence-corrected chi connectivity index (χ4v) is 4.01. The van der Waals surface area contributed by atoms with Crippen molar-refractivity contribution >= 4 is 44.7 Å². The molecule has 4 heteroatoms. The molecule has 1 amide bonds. The van der Waals surface area contributed by atoms with E-state index in [4.69, 9.17) is 0 Å². The second-order valence-electron chi connectivity index (χ2n) is 5.26. The van der Waals surface area contributed by atoms with Gasteiger partial charge in [0.1, 0.15) is 0 Å². The van der Waals surface area contributed by atoms with Gasteiger partial charge in [-0.3, -0.25) is 4.79 Å². The third kappa shape index (κ3) is 3.64. The zero-order valence-electron chi connectivity index (χ0n) is 12.3. The summed E-state index contributed by atoms with van der Waals surface area (Å²) < 4.78 is 1.30. The Hall–Kier alpha value is -1.91. The number of fused-ring (bicyclic) bond motifs is 1. The number of thiophene rings is 2. The summed E-state index contributed by atoms with van der Waals surface area (Å²) in [6.45, 7) is 2.04. The Labute approximate surface area is 138 Å². The smallest absolute Gasteiger partial charge is 0.244 e. The topological polar surface area (TPSA) is 29.1 Å². The quantitative estimate of drug-likeness (QED) is 0.675. The average Bonchev–Trinajstić information content (AvgIpc) is 3.15. The van der Waals surface area contributed by atoms with E-state index in [1.54, 1.807) is 28.7 Å². The van der Waals surface area contributed by atoms with Crippen LogP contribution in [-0.2, 0) is 11.2 Å². The molecular weight excluding hydrogens is 310 g/mol. The summed E-state index contributed by atoms with van der Waals surface area (Å²) in [4.78, 5) is 11.9. The molecule has 0 fully saturated rings. The zero-order valence-corrected chi connectivity index (χ0v) is 13.9. The van der Waals surface area contributed by atoms with Crippen LogP contribution in [0.15, 0.2) is 52.5 Å². The van der Waals surface area contributed by atoms with E-state index in [0.717, 1.165) is 12.0 Å². The summed E-state index contributed by atoms with van der Waals surface area (Å²) in [5, 5.41) is 10.5. The third-order valence-corrected chi connectivity index (χ3v) is 5.16. The number of hydrogen-bond donors (Lipinski definition) is 1. The maximum absolute atomic E-state index is 11.9. The minimum absolute atomic E-state index is 0.0433. The number of carbonyl (C=O) groups is 1. The van der Waals surface area contributed by atoms with Crippen molar-refractivity contribution in [1.29, 1.82) is 0 Å². The van der Waals surface area contributed by atoms with E-state index in [0.29, 0.717) is 0 Å². The largest absolute Gasteiger partial charge is 0.350 e. The predicted molar refractivity (Wildman–Crippen MR) is 96.5 cm³/mol. The highest BCUT2D eigenvalue weighted by atomic mass is 32.1. The number of benzene rings is 1. The minimum Gasteiger partial charge on any atom is -0.350 e. The molecule has 2 aromatic heterocycles. The van der Waals surface area contributed by atoms with Crippen molar-refractivity contribution in [3.8, 4) is 0 Å². The van der Waals surface area contributed by atoms with Crippen LogP contribution in [0.5, 0.6) is 0 Å². The fraction of sp³-hybridized carbons (Fsp3) is 0.167. The molecule has 3 aromatic rings. The summed E-state index contributed by atoms with van der Waals surface area (Å²) in [7, 11) is 0. The van der Waals surface area contributed by atoms with Gasteiger partial charge in [0.25, 0.3) is 0 Å². The highest BCUT2D eigenvalue weighted by Crippen LogP contribution is 2.26. The first kappa shape index (κ1) is 15.0. The highest BCUT2D eigenvalue weighted by Gasteiger charge is 2.09. The van der Waals surface area contributed by atoms with Crippen LogP contribution >= 0.6 is 22.7 Å². The normalized spacial score (nSPS) is 12.8. The lowest BCUT2D eigenvalue weighted by Crippen LogP contribution is -2.32. The van der Waals surface area contributed by atoms with Gasteiger partial charge in [-0.2, -0.15) is 11.3 Å². The molecule has 0 aliphatic rings. The van der Waals surface area contributed by atoms with Crippen molar-refractivity contribution < 1.29 is 4.79 Å². The lowest BCUT2D eigenvalue weighted by Gasteiger charge is -2.12. The molecule has 0 aliphatic carbocycles. The Kier molecular flexibility index (Phi) is 4.71. The Morgan fingerprint density at radius 1 is 1.27 bits per heavy atom. The number of amides is 1. The first-order valence-electron chi connectivity index (χ1n) is 7.18. The number of nitrogens with one attached hydrogen (secondary N) is 1. The van der Waals surface area contributed by atoms with Crippen LogP contribution < -0.4 is 5.32 Å². The van der Waals surface area contributed by atoms with Crippen molar-refractivity contribution in [1.82, 2.24) is 5.32 Å². The molecule has 1 atom stereocenters. The SMILES string of the molecule is CC(Cc1csc2ccccc12)NC(=O)/C=C/c1ccsc1. The maximum Gasteiger partial charge on any atom is 0.244 e. The van der Waals surface area contributed by atoms with Gasteiger partial charge in [-0.15, -0.1) is 11.3 Å². The average molecular weight is 327 g/mol. The van der Waals surface area contributed by atoms with Gasteiger partial charge in [-0.25, -0.2) is 0 Å². The molecule has 0 spiro atoms. The van der Waals surface area contributed by atoms with E-state index in [9.17, 15) is 4.79 Å². The summed E-state index contributed by atoms with van der Waals surface area (Å²) in [6, 6.07) is 10.5. The van der Waals surface area contributed by atoms with E-state index < -0.39 is 0 Å². The van der Waals surface area contributed by atoms with Crippen molar-refractivity contribution in [2.24, 2.45) is 0 Å². The zero-order chi connectivity index (χ0) is 15.4. The van der Waals surface area contributed by atoms with Crippen LogP contribution in [0.4, 0.5) is 0 Å². The van der Waals surface area contributed by atoms with Gasteiger partial charge in [-0.05, 0) is 64.2 Å². The van der Waals surface area contributed by atoms with Crippen molar-refractivity contribution in [3.63, 3.8) is 0 Å². The molecule has 22 heavy (non-hydrogen) atoms. The summed E-state index contributed by atoms with van der Waals surface area (Å²) in [6.07, 6.45) is 4.30. The first-order chi connectivity index (χ1) is 10.7. The molecule has 0 radical (unpaired) electrons. The third-order valence-electron chi connectivity index (χ3n) is 3.45. The highest BCUT2D eigenvalue weighted by molar-refractivity contribution is 7.17. The summed E-state index contributed by atoms with van der Waals surface area (Å²) in [5.41, 5.74) is 2.37. The maximum atomic E-state index is 11.9. The standard InChI is InChI=1S/C18H17NOS2/c1-13(19-18(20)7-6-14-8-9-21-11-14)10-15-12-22-17-5-3-2-4-16(15)17/h2-9,11-13H,10H2,1H3,(H,19,20)/b7-6+. The summed E-state index contributed by atoms with van der Waals surface area (Å²) >= 11 is 3.39. The Morgan fingerprint density at radius 3 is 2.95 bits per heavy atom. The number of carbonyl (C=O) groups excluding carboxylic acids is 1. The Morgan fingerprint density at radius 2 is 2.14 bits per heavy atom. The van der Waals surface area contributed by atoms with Crippen molar-refractivity contribution in [2.45, 2.75) is 19.4 Å². The van der Waals surface area contributed by atoms with Crippen molar-refractivity contribution in [3.05, 3.63) is 63.7 Å². The molecule has 1 N–H and O–H groups in total. The lowest BCUT2D eigenvalue weighted by molar-refractivity contribution is -0.117. The van der Waals surface area contributed by atoms with E-state index in [-0.39, 0.29) is 11.9 Å². The van der Waals surface area contributed by atoms with Crippen LogP contribution in [0, 0.1) is 0 Å². The van der Waals surface area contributed by atoms with Crippen LogP contribution in [0.1, 0.15) is 18.1 Å². The van der Waals surface area contributed by atoms with Gasteiger partial charge in [0.15, 0.2) is 0 Å². The molecule has 1 aromatic carbocycles. The fourth-order valence-electron chi connectivity index (χ4n) is 2.40. The van der Waals surface area contributed by atoms with Gasteiger partial charge in [0.05, 0.1) is 0 Å². The van der Waals surface area contributed by atoms with Gasteiger partial charge in [0, 0.05) is 16.8 Å². The molecular formula is C18H17NOS2. The minimum atomic E-state index is -0.0433. The lowest BCUT2D eigenvalue weighted by atomic mass is 10.1. The van der Waals surface area contributed by atoms with Gasteiger partial charge >= 0.3 is 0 Å². The summed E-state index contributed by atoms with van der Waals surface area (Å²) in [5.74, 6) is -0.0433. The van der Waals surface area contributed by atoms with Crippen molar-refractivity contribution in [2.75, 3.05) is 0 Å². The predicted octanol–water partition coefficient (Wildman–Crippen LogP) is 4.72. The van der Waals surface area contributed by atoms with Gasteiger partial charge in [0.2, 0.25) is 5.91 Å². The number of hydrogen-bond acceptors (Lipinski definition) is 3. The van der Waals surface area contributed by atoms with E-state index in [1.807, 2.05) is 29.8 Å². The van der Waals surface area contributed by atoms with Crippen LogP contribution in [0.25, 0.3) is 16.2 Å². The van der Waals surface area contributed by atoms with E-state index in [2.05, 4.69) is 35.0 Å². The molecule has 1 unspecified atom stereocenters. The molecule has 0 saturated carbocycles.